The van der Waals surface area contributed by atoms with Gasteiger partial charge in [0.1, 0.15) is 11.6 Å². The minimum Gasteiger partial charge on any atom is -0.338 e. The number of piperidine rings is 1. The SMILES string of the molecule is O=C(CC1CCN(Cc2ccc(F)cc2F)CC1)N1CCc2ccccc2C1. The van der Waals surface area contributed by atoms with Crippen molar-refractivity contribution in [1.29, 1.82) is 0 Å². The summed E-state index contributed by atoms with van der Waals surface area (Å²) in [5.41, 5.74) is 3.15. The summed E-state index contributed by atoms with van der Waals surface area (Å²) < 4.78 is 26.9. The molecule has 0 unspecified atom stereocenters. The highest BCUT2D eigenvalue weighted by Gasteiger charge is 2.26. The molecule has 1 fully saturated rings. The summed E-state index contributed by atoms with van der Waals surface area (Å²) >= 11 is 0. The van der Waals surface area contributed by atoms with E-state index in [-0.39, 0.29) is 5.91 Å². The van der Waals surface area contributed by atoms with E-state index in [1.807, 2.05) is 11.0 Å². The Labute approximate surface area is 165 Å². The molecule has 2 aliphatic heterocycles. The zero-order chi connectivity index (χ0) is 19.5. The molecule has 2 heterocycles. The molecular formula is C23H26F2N2O. The normalized spacial score (nSPS) is 18.1. The Morgan fingerprint density at radius 2 is 1.75 bits per heavy atom. The average molecular weight is 384 g/mol. The average Bonchev–Trinajstić information content (AvgIpc) is 2.71. The number of likely N-dealkylation sites (tertiary alicyclic amines) is 1. The highest BCUT2D eigenvalue weighted by molar-refractivity contribution is 5.76. The molecule has 1 saturated heterocycles. The predicted molar refractivity (Wildman–Crippen MR) is 105 cm³/mol. The monoisotopic (exact) mass is 384 g/mol. The number of hydrogen-bond donors (Lipinski definition) is 0. The van der Waals surface area contributed by atoms with Crippen LogP contribution in [0.5, 0.6) is 0 Å². The van der Waals surface area contributed by atoms with Gasteiger partial charge in [-0.3, -0.25) is 9.69 Å². The van der Waals surface area contributed by atoms with E-state index in [1.165, 1.54) is 23.3 Å². The molecule has 4 rings (SSSR count). The fraction of sp³-hybridized carbons (Fsp3) is 0.435. The number of amides is 1. The Hall–Kier alpha value is -2.27. The molecule has 0 spiro atoms. The van der Waals surface area contributed by atoms with Crippen molar-refractivity contribution in [2.45, 2.75) is 38.8 Å². The van der Waals surface area contributed by atoms with Crippen molar-refractivity contribution in [1.82, 2.24) is 9.80 Å². The largest absolute Gasteiger partial charge is 0.338 e. The quantitative estimate of drug-likeness (QED) is 0.791. The van der Waals surface area contributed by atoms with Gasteiger partial charge in [0.2, 0.25) is 5.91 Å². The first-order chi connectivity index (χ1) is 13.6. The lowest BCUT2D eigenvalue weighted by atomic mass is 9.92. The summed E-state index contributed by atoms with van der Waals surface area (Å²) in [6.07, 6.45) is 3.42. The third-order valence-corrected chi connectivity index (χ3v) is 6.06. The third-order valence-electron chi connectivity index (χ3n) is 6.06. The van der Waals surface area contributed by atoms with Crippen LogP contribution in [0.4, 0.5) is 8.78 Å². The van der Waals surface area contributed by atoms with Crippen LogP contribution in [0.3, 0.4) is 0 Å². The Bertz CT molecular complexity index is 846. The first-order valence-electron chi connectivity index (χ1n) is 10.1. The molecule has 0 aliphatic carbocycles. The highest BCUT2D eigenvalue weighted by Crippen LogP contribution is 2.25. The molecule has 2 aromatic rings. The smallest absolute Gasteiger partial charge is 0.223 e. The molecule has 0 bridgehead atoms. The molecule has 0 N–H and O–H groups in total. The van der Waals surface area contributed by atoms with Crippen LogP contribution in [-0.2, 0) is 24.3 Å². The number of hydrogen-bond acceptors (Lipinski definition) is 2. The van der Waals surface area contributed by atoms with E-state index in [4.69, 9.17) is 0 Å². The second-order valence-electron chi connectivity index (χ2n) is 7.99. The Morgan fingerprint density at radius 3 is 2.50 bits per heavy atom. The van der Waals surface area contributed by atoms with E-state index in [9.17, 15) is 13.6 Å². The molecule has 1 amide bonds. The van der Waals surface area contributed by atoms with Crippen LogP contribution in [0.2, 0.25) is 0 Å². The van der Waals surface area contributed by atoms with E-state index >= 15 is 0 Å². The van der Waals surface area contributed by atoms with Crippen molar-refractivity contribution in [2.24, 2.45) is 5.92 Å². The maximum Gasteiger partial charge on any atom is 0.223 e. The molecule has 0 atom stereocenters. The number of halogens is 2. The second-order valence-corrected chi connectivity index (χ2v) is 7.99. The molecule has 0 saturated carbocycles. The number of carbonyl (C=O) groups is 1. The maximum atomic E-state index is 13.8. The molecule has 28 heavy (non-hydrogen) atoms. The molecule has 5 heteroatoms. The second kappa shape index (κ2) is 8.39. The van der Waals surface area contributed by atoms with Crippen molar-refractivity contribution in [3.05, 3.63) is 70.8 Å². The van der Waals surface area contributed by atoms with Gasteiger partial charge in [-0.05, 0) is 55.5 Å². The summed E-state index contributed by atoms with van der Waals surface area (Å²) in [7, 11) is 0. The highest BCUT2D eigenvalue weighted by atomic mass is 19.1. The van der Waals surface area contributed by atoms with Crippen LogP contribution in [0.25, 0.3) is 0 Å². The van der Waals surface area contributed by atoms with Crippen molar-refractivity contribution in [3.8, 4) is 0 Å². The van der Waals surface area contributed by atoms with E-state index < -0.39 is 11.6 Å². The summed E-state index contributed by atoms with van der Waals surface area (Å²) in [6.45, 7) is 3.71. The standard InChI is InChI=1S/C23H26F2N2O/c24-21-6-5-20(22(25)14-21)15-26-10-7-17(8-11-26)13-23(28)27-12-9-18-3-1-2-4-19(18)16-27/h1-6,14,17H,7-13,15-16H2. The lowest BCUT2D eigenvalue weighted by Crippen LogP contribution is -2.39. The van der Waals surface area contributed by atoms with Crippen LogP contribution in [0.15, 0.2) is 42.5 Å². The van der Waals surface area contributed by atoms with Gasteiger partial charge in [0.15, 0.2) is 0 Å². The van der Waals surface area contributed by atoms with E-state index in [2.05, 4.69) is 23.1 Å². The van der Waals surface area contributed by atoms with Crippen LogP contribution in [-0.4, -0.2) is 35.3 Å². The van der Waals surface area contributed by atoms with Gasteiger partial charge in [0.05, 0.1) is 0 Å². The molecular weight excluding hydrogens is 358 g/mol. The van der Waals surface area contributed by atoms with Gasteiger partial charge in [-0.25, -0.2) is 8.78 Å². The maximum absolute atomic E-state index is 13.8. The van der Waals surface area contributed by atoms with Crippen LogP contribution in [0, 0.1) is 17.6 Å². The third kappa shape index (κ3) is 4.41. The van der Waals surface area contributed by atoms with Gasteiger partial charge in [0, 0.05) is 37.7 Å². The van der Waals surface area contributed by atoms with Crippen LogP contribution in [0.1, 0.15) is 36.0 Å². The summed E-state index contributed by atoms with van der Waals surface area (Å²) in [5.74, 6) is -0.391. The summed E-state index contributed by atoms with van der Waals surface area (Å²) in [6, 6.07) is 12.1. The van der Waals surface area contributed by atoms with E-state index in [1.54, 1.807) is 0 Å². The summed E-state index contributed by atoms with van der Waals surface area (Å²) in [5, 5.41) is 0. The predicted octanol–water partition coefficient (Wildman–Crippen LogP) is 4.15. The Kier molecular flexibility index (Phi) is 5.72. The van der Waals surface area contributed by atoms with Crippen molar-refractivity contribution < 1.29 is 13.6 Å². The molecule has 0 aromatic heterocycles. The molecule has 0 radical (unpaired) electrons. The van der Waals surface area contributed by atoms with Gasteiger partial charge >= 0.3 is 0 Å². The van der Waals surface area contributed by atoms with Crippen LogP contribution >= 0.6 is 0 Å². The molecule has 148 valence electrons. The van der Waals surface area contributed by atoms with Crippen molar-refractivity contribution in [3.63, 3.8) is 0 Å². The van der Waals surface area contributed by atoms with Gasteiger partial charge in [-0.2, -0.15) is 0 Å². The van der Waals surface area contributed by atoms with Gasteiger partial charge in [-0.1, -0.05) is 30.3 Å². The van der Waals surface area contributed by atoms with Gasteiger partial charge in [0.25, 0.3) is 0 Å². The first-order valence-corrected chi connectivity index (χ1v) is 10.1. The van der Waals surface area contributed by atoms with E-state index in [0.29, 0.717) is 24.4 Å². The topological polar surface area (TPSA) is 23.6 Å². The zero-order valence-corrected chi connectivity index (χ0v) is 16.0. The lowest BCUT2D eigenvalue weighted by molar-refractivity contribution is -0.133. The molecule has 3 nitrogen and oxygen atoms in total. The minimum absolute atomic E-state index is 0.248. The number of rotatable bonds is 4. The van der Waals surface area contributed by atoms with E-state index in [0.717, 1.165) is 51.5 Å². The lowest BCUT2D eigenvalue weighted by Gasteiger charge is -2.34. The Balaban J connectivity index is 1.26. The number of carbonyl (C=O) groups excluding carboxylic acids is 1. The number of fused-ring (bicyclic) bond motifs is 1. The fourth-order valence-corrected chi connectivity index (χ4v) is 4.32. The zero-order valence-electron chi connectivity index (χ0n) is 16.0. The van der Waals surface area contributed by atoms with Crippen molar-refractivity contribution in [2.75, 3.05) is 19.6 Å². The summed E-state index contributed by atoms with van der Waals surface area (Å²) in [4.78, 5) is 16.9. The molecule has 2 aromatic carbocycles. The number of nitrogens with zero attached hydrogens (tertiary/aromatic N) is 2. The minimum atomic E-state index is -0.543. The number of benzene rings is 2. The Morgan fingerprint density at radius 1 is 1.00 bits per heavy atom. The van der Waals surface area contributed by atoms with Crippen molar-refractivity contribution >= 4 is 5.91 Å². The molecule has 2 aliphatic rings. The van der Waals surface area contributed by atoms with Gasteiger partial charge in [-0.15, -0.1) is 0 Å². The fourth-order valence-electron chi connectivity index (χ4n) is 4.32. The van der Waals surface area contributed by atoms with Gasteiger partial charge < -0.3 is 4.90 Å². The first kappa shape index (κ1) is 19.1. The van der Waals surface area contributed by atoms with Crippen LogP contribution < -0.4 is 0 Å².